The van der Waals surface area contributed by atoms with Crippen LogP contribution in [0.25, 0.3) is 0 Å². The van der Waals surface area contributed by atoms with Crippen LogP contribution in [0.1, 0.15) is 40.2 Å². The van der Waals surface area contributed by atoms with Gasteiger partial charge in [-0.05, 0) is 45.4 Å². The highest BCUT2D eigenvalue weighted by Gasteiger charge is 2.18. The molecule has 1 aliphatic heterocycles. The Kier molecular flexibility index (Phi) is 12.2. The van der Waals surface area contributed by atoms with Crippen LogP contribution in [0.3, 0.4) is 0 Å². The summed E-state index contributed by atoms with van der Waals surface area (Å²) in [6, 6.07) is 0. The highest BCUT2D eigenvalue weighted by molar-refractivity contribution is 6.32. The number of nitrogens with one attached hydrogen (secondary N) is 2. The highest BCUT2D eigenvalue weighted by Crippen LogP contribution is 2.18. The van der Waals surface area contributed by atoms with Crippen molar-refractivity contribution < 1.29 is 9.59 Å². The Labute approximate surface area is 257 Å². The van der Waals surface area contributed by atoms with Gasteiger partial charge in [0.2, 0.25) is 0 Å². The van der Waals surface area contributed by atoms with Gasteiger partial charge in [-0.2, -0.15) is 0 Å². The van der Waals surface area contributed by atoms with Crippen LogP contribution in [0.15, 0.2) is 9.98 Å². The number of nitrogen functional groups attached to an aromatic ring is 4. The molecule has 0 radical (unpaired) electrons. The number of aromatic nitrogens is 4. The second-order valence-corrected chi connectivity index (χ2v) is 10.2. The summed E-state index contributed by atoms with van der Waals surface area (Å²) >= 11 is 11.6. The molecule has 0 unspecified atom stereocenters. The standard InChI is InChI=1S/C23H36Cl2N16O2/c24-14-18(28)36-16(26)12(34-14)20(42)38-22(30)32-4-1-6-40-8-3-9-41(11-10-40)7-2-5-33-23(31)39-21(43)13-17(27)37-19(29)15(25)35-13/h1-11H2,(H4,26,28,36)(H4,27,29,37)(H3,30,32,38,42)(H3,31,33,39,43). The van der Waals surface area contributed by atoms with E-state index in [1.54, 1.807) is 0 Å². The van der Waals surface area contributed by atoms with Gasteiger partial charge in [0, 0.05) is 26.2 Å². The van der Waals surface area contributed by atoms with Crippen molar-refractivity contribution in [3.63, 3.8) is 0 Å². The van der Waals surface area contributed by atoms with E-state index in [4.69, 9.17) is 57.6 Å². The van der Waals surface area contributed by atoms with E-state index in [1.165, 1.54) is 0 Å². The number of rotatable bonds is 10. The van der Waals surface area contributed by atoms with Crippen LogP contribution in [0.4, 0.5) is 23.3 Å². The number of nitrogens with two attached hydrogens (primary N) is 6. The Hall–Kier alpha value is -4.26. The fourth-order valence-corrected chi connectivity index (χ4v) is 4.36. The monoisotopic (exact) mass is 638 g/mol. The van der Waals surface area contributed by atoms with Crippen molar-refractivity contribution in [2.45, 2.75) is 19.3 Å². The average Bonchev–Trinajstić information content (AvgIpc) is 3.18. The van der Waals surface area contributed by atoms with Crippen LogP contribution in [-0.2, 0) is 0 Å². The van der Waals surface area contributed by atoms with Gasteiger partial charge in [-0.3, -0.25) is 30.2 Å². The van der Waals surface area contributed by atoms with Crippen LogP contribution in [0.5, 0.6) is 0 Å². The normalized spacial score (nSPS) is 15.2. The Balaban J connectivity index is 1.33. The molecule has 1 fully saturated rings. The third-order valence-electron chi connectivity index (χ3n) is 6.23. The maximum Gasteiger partial charge on any atom is 0.280 e. The minimum atomic E-state index is -0.678. The molecule has 1 saturated heterocycles. The van der Waals surface area contributed by atoms with Crippen LogP contribution < -0.4 is 45.0 Å². The number of guanidine groups is 2. The Morgan fingerprint density at radius 2 is 1.07 bits per heavy atom. The minimum absolute atomic E-state index is 0.0588. The molecule has 234 valence electrons. The molecule has 0 bridgehead atoms. The summed E-state index contributed by atoms with van der Waals surface area (Å²) in [4.78, 5) is 53.0. The van der Waals surface area contributed by atoms with Gasteiger partial charge in [0.25, 0.3) is 11.8 Å². The topological polar surface area (TPSA) is 297 Å². The molecule has 0 saturated carbocycles. The number of aliphatic imine (C=N–C) groups is 2. The van der Waals surface area contributed by atoms with Gasteiger partial charge < -0.3 is 44.2 Å². The molecule has 2 amide bonds. The number of carbonyl (C=O) groups excluding carboxylic acids is 2. The summed E-state index contributed by atoms with van der Waals surface area (Å²) in [5, 5.41) is 4.58. The average molecular weight is 640 g/mol. The first kappa shape index (κ1) is 33.2. The number of anilines is 4. The summed E-state index contributed by atoms with van der Waals surface area (Å²) in [6.07, 6.45) is 2.53. The zero-order valence-corrected chi connectivity index (χ0v) is 24.9. The van der Waals surface area contributed by atoms with E-state index < -0.39 is 11.8 Å². The second kappa shape index (κ2) is 15.8. The van der Waals surface area contributed by atoms with Gasteiger partial charge in [0.05, 0.1) is 0 Å². The van der Waals surface area contributed by atoms with Crippen molar-refractivity contribution in [2.75, 3.05) is 75.3 Å². The summed E-state index contributed by atoms with van der Waals surface area (Å²) in [5.41, 5.74) is 33.7. The molecular formula is C23H36Cl2N16O2. The van der Waals surface area contributed by atoms with Crippen molar-refractivity contribution in [1.29, 1.82) is 0 Å². The van der Waals surface area contributed by atoms with Crippen molar-refractivity contribution in [2.24, 2.45) is 21.5 Å². The molecule has 3 rings (SSSR count). The zero-order chi connectivity index (χ0) is 31.5. The quantitative estimate of drug-likeness (QED) is 0.0832. The van der Waals surface area contributed by atoms with Gasteiger partial charge in [0.15, 0.2) is 56.9 Å². The van der Waals surface area contributed by atoms with E-state index in [0.29, 0.717) is 13.1 Å². The lowest BCUT2D eigenvalue weighted by molar-refractivity contribution is 0.0964. The number of halogens is 2. The highest BCUT2D eigenvalue weighted by atomic mass is 35.5. The summed E-state index contributed by atoms with van der Waals surface area (Å²) in [7, 11) is 0. The van der Waals surface area contributed by atoms with Crippen LogP contribution in [-0.4, -0.2) is 106 Å². The van der Waals surface area contributed by atoms with Crippen molar-refractivity contribution in [3.05, 3.63) is 21.7 Å². The van der Waals surface area contributed by atoms with Gasteiger partial charge in [0.1, 0.15) is 0 Å². The van der Waals surface area contributed by atoms with Crippen molar-refractivity contribution in [3.8, 4) is 0 Å². The fourth-order valence-electron chi connectivity index (χ4n) is 4.11. The van der Waals surface area contributed by atoms with Crippen LogP contribution in [0, 0.1) is 0 Å². The smallest absolute Gasteiger partial charge is 0.280 e. The third kappa shape index (κ3) is 10.2. The Morgan fingerprint density at radius 1 is 0.674 bits per heavy atom. The first-order chi connectivity index (χ1) is 20.4. The molecule has 43 heavy (non-hydrogen) atoms. The lowest BCUT2D eigenvalue weighted by atomic mass is 10.3. The predicted octanol–water partition coefficient (Wildman–Crippen LogP) is -1.52. The number of amides is 2. The lowest BCUT2D eigenvalue weighted by Crippen LogP contribution is -2.38. The first-order valence-electron chi connectivity index (χ1n) is 13.3. The molecule has 20 heteroatoms. The predicted molar refractivity (Wildman–Crippen MR) is 166 cm³/mol. The molecule has 0 aliphatic carbocycles. The largest absolute Gasteiger partial charge is 0.382 e. The summed E-state index contributed by atoms with van der Waals surface area (Å²) in [6.45, 7) is 6.24. The number of hydrogen-bond donors (Lipinski definition) is 8. The molecule has 1 aliphatic rings. The molecule has 0 atom stereocenters. The van der Waals surface area contributed by atoms with E-state index in [1.807, 2.05) is 0 Å². The molecule has 0 spiro atoms. The first-order valence-corrected chi connectivity index (χ1v) is 14.0. The zero-order valence-electron chi connectivity index (χ0n) is 23.4. The maximum atomic E-state index is 12.3. The molecular weight excluding hydrogens is 603 g/mol. The molecule has 18 nitrogen and oxygen atoms in total. The van der Waals surface area contributed by atoms with Crippen molar-refractivity contribution in [1.82, 2.24) is 40.4 Å². The van der Waals surface area contributed by atoms with Gasteiger partial charge in [-0.1, -0.05) is 23.2 Å². The lowest BCUT2D eigenvalue weighted by Gasteiger charge is -2.21. The molecule has 3 heterocycles. The van der Waals surface area contributed by atoms with E-state index in [-0.39, 0.29) is 56.9 Å². The van der Waals surface area contributed by atoms with E-state index in [2.05, 4.69) is 50.4 Å². The Bertz CT molecular complexity index is 1270. The Morgan fingerprint density at radius 3 is 1.47 bits per heavy atom. The van der Waals surface area contributed by atoms with E-state index in [0.717, 1.165) is 58.5 Å². The maximum absolute atomic E-state index is 12.3. The van der Waals surface area contributed by atoms with Crippen LogP contribution in [0.2, 0.25) is 10.3 Å². The van der Waals surface area contributed by atoms with Crippen molar-refractivity contribution >= 4 is 70.2 Å². The molecule has 2 aromatic rings. The van der Waals surface area contributed by atoms with Gasteiger partial charge in [-0.15, -0.1) is 0 Å². The SMILES string of the molecule is NC(=NCCCN1CCCN(CCCN=C(N)NC(=O)c2nc(Cl)c(N)nc2N)CC1)NC(=O)c1nc(Cl)c(N)nc1N. The van der Waals surface area contributed by atoms with Gasteiger partial charge in [-0.25, -0.2) is 19.9 Å². The molecule has 2 aromatic heterocycles. The molecule has 0 aromatic carbocycles. The van der Waals surface area contributed by atoms with Crippen LogP contribution >= 0.6 is 23.2 Å². The van der Waals surface area contributed by atoms with E-state index in [9.17, 15) is 9.59 Å². The number of hydrogen-bond acceptors (Lipinski definition) is 14. The summed E-state index contributed by atoms with van der Waals surface area (Å²) < 4.78 is 0. The number of nitrogens with zero attached hydrogens (tertiary/aromatic N) is 8. The summed E-state index contributed by atoms with van der Waals surface area (Å²) in [5.74, 6) is -1.94. The minimum Gasteiger partial charge on any atom is -0.382 e. The van der Waals surface area contributed by atoms with Gasteiger partial charge >= 0.3 is 0 Å². The van der Waals surface area contributed by atoms with E-state index >= 15 is 0 Å². The molecule has 14 N–H and O–H groups in total. The number of carbonyl (C=O) groups is 2. The third-order valence-corrected chi connectivity index (χ3v) is 6.79. The fraction of sp³-hybridized carbons (Fsp3) is 0.478. The second-order valence-electron chi connectivity index (χ2n) is 9.45.